The lowest BCUT2D eigenvalue weighted by atomic mass is 9.86. The molecule has 2 aromatic carbocycles. The Morgan fingerprint density at radius 2 is 1.74 bits per heavy atom. The lowest BCUT2D eigenvalue weighted by Gasteiger charge is -2.19. The number of fused-ring (bicyclic) bond motifs is 3. The van der Waals surface area contributed by atoms with Gasteiger partial charge in [0.2, 0.25) is 0 Å². The summed E-state index contributed by atoms with van der Waals surface area (Å²) in [6.45, 7) is 6.63. The van der Waals surface area contributed by atoms with Gasteiger partial charge in [-0.15, -0.1) is 0 Å². The van der Waals surface area contributed by atoms with E-state index in [1.54, 1.807) is 6.33 Å². The summed E-state index contributed by atoms with van der Waals surface area (Å²) in [4.78, 5) is 8.91. The maximum atomic E-state index is 6.04. The molecule has 4 rings (SSSR count). The van der Waals surface area contributed by atoms with Gasteiger partial charge < -0.3 is 4.42 Å². The second-order valence-corrected chi connectivity index (χ2v) is 6.83. The number of rotatable bonds is 1. The van der Waals surface area contributed by atoms with Crippen molar-refractivity contribution in [1.82, 2.24) is 9.97 Å². The normalized spacial score (nSPS) is 12.1. The number of para-hydroxylation sites is 1. The number of nitrogens with zero attached hydrogens (tertiary/aromatic N) is 2. The molecule has 4 aromatic rings. The quantitative estimate of drug-likeness (QED) is 0.476. The van der Waals surface area contributed by atoms with Crippen LogP contribution in [0.3, 0.4) is 0 Å². The van der Waals surface area contributed by atoms with E-state index < -0.39 is 0 Å². The second-order valence-electron chi connectivity index (χ2n) is 6.83. The van der Waals surface area contributed by atoms with Crippen LogP contribution in [-0.4, -0.2) is 9.97 Å². The van der Waals surface area contributed by atoms with Crippen LogP contribution >= 0.6 is 0 Å². The average molecular weight is 302 g/mol. The van der Waals surface area contributed by atoms with Gasteiger partial charge in [-0.1, -0.05) is 51.1 Å². The standard InChI is InChI=1S/C20H18N2O/c1-20(2,3)14-8-6-7-13(11-14)17-19-18(22-12-21-17)15-9-4-5-10-16(15)23-19/h4-12H,1-3H3. The highest BCUT2D eigenvalue weighted by atomic mass is 16.3. The molecule has 0 N–H and O–H groups in total. The Morgan fingerprint density at radius 3 is 2.57 bits per heavy atom. The molecule has 3 heteroatoms. The zero-order chi connectivity index (χ0) is 16.0. The van der Waals surface area contributed by atoms with Gasteiger partial charge in [-0.25, -0.2) is 9.97 Å². The van der Waals surface area contributed by atoms with E-state index in [4.69, 9.17) is 4.42 Å². The molecule has 2 aromatic heterocycles. The van der Waals surface area contributed by atoms with Crippen LogP contribution in [0.1, 0.15) is 26.3 Å². The fourth-order valence-corrected chi connectivity index (χ4v) is 2.86. The first-order chi connectivity index (χ1) is 11.0. The molecule has 0 aliphatic carbocycles. The molecule has 0 atom stereocenters. The topological polar surface area (TPSA) is 38.9 Å². The minimum absolute atomic E-state index is 0.0933. The molecule has 0 aliphatic heterocycles. The number of furan rings is 1. The van der Waals surface area contributed by atoms with E-state index >= 15 is 0 Å². The molecule has 0 bridgehead atoms. The van der Waals surface area contributed by atoms with Crippen LogP contribution in [0.4, 0.5) is 0 Å². The first kappa shape index (κ1) is 13.9. The first-order valence-electron chi connectivity index (χ1n) is 7.77. The summed E-state index contributed by atoms with van der Waals surface area (Å²) in [7, 11) is 0. The Bertz CT molecular complexity index is 1010. The molecule has 0 saturated carbocycles. The molecule has 0 amide bonds. The smallest absolute Gasteiger partial charge is 0.180 e. The number of hydrogen-bond acceptors (Lipinski definition) is 3. The third-order valence-electron chi connectivity index (χ3n) is 4.16. The number of aromatic nitrogens is 2. The van der Waals surface area contributed by atoms with E-state index in [0.29, 0.717) is 0 Å². The third-order valence-corrected chi connectivity index (χ3v) is 4.16. The highest BCUT2D eigenvalue weighted by Gasteiger charge is 2.17. The summed E-state index contributed by atoms with van der Waals surface area (Å²) in [6, 6.07) is 16.5. The Morgan fingerprint density at radius 1 is 0.913 bits per heavy atom. The highest BCUT2D eigenvalue weighted by molar-refractivity contribution is 6.06. The van der Waals surface area contributed by atoms with Crippen LogP contribution in [0, 0.1) is 0 Å². The lowest BCUT2D eigenvalue weighted by molar-refractivity contribution is 0.590. The summed E-state index contributed by atoms with van der Waals surface area (Å²) in [5.41, 5.74) is 5.73. The molecule has 0 saturated heterocycles. The Labute approximate surface area is 135 Å². The fraction of sp³-hybridized carbons (Fsp3) is 0.200. The van der Waals surface area contributed by atoms with E-state index in [1.807, 2.05) is 24.3 Å². The molecule has 114 valence electrons. The predicted octanol–water partition coefficient (Wildman–Crippen LogP) is 5.34. The zero-order valence-electron chi connectivity index (χ0n) is 13.5. The largest absolute Gasteiger partial charge is 0.452 e. The van der Waals surface area contributed by atoms with Crippen molar-refractivity contribution in [3.05, 3.63) is 60.4 Å². The van der Waals surface area contributed by atoms with Crippen LogP contribution in [-0.2, 0) is 5.41 Å². The summed E-state index contributed by atoms with van der Waals surface area (Å²) >= 11 is 0. The van der Waals surface area contributed by atoms with Crippen molar-refractivity contribution >= 4 is 22.1 Å². The van der Waals surface area contributed by atoms with Gasteiger partial charge in [0.15, 0.2) is 5.58 Å². The van der Waals surface area contributed by atoms with Gasteiger partial charge in [-0.2, -0.15) is 0 Å². The van der Waals surface area contributed by atoms with Gasteiger partial charge in [0.1, 0.15) is 23.1 Å². The second kappa shape index (κ2) is 4.92. The Balaban J connectivity index is 1.99. The summed E-state index contributed by atoms with van der Waals surface area (Å²) in [6.07, 6.45) is 1.61. The van der Waals surface area contributed by atoms with Crippen LogP contribution in [0.5, 0.6) is 0 Å². The van der Waals surface area contributed by atoms with Crippen LogP contribution in [0.25, 0.3) is 33.3 Å². The van der Waals surface area contributed by atoms with Crippen molar-refractivity contribution in [1.29, 1.82) is 0 Å². The highest BCUT2D eigenvalue weighted by Crippen LogP contribution is 2.34. The van der Waals surface area contributed by atoms with Crippen LogP contribution in [0.2, 0.25) is 0 Å². The van der Waals surface area contributed by atoms with E-state index in [1.165, 1.54) is 5.56 Å². The van der Waals surface area contributed by atoms with Gasteiger partial charge in [0.05, 0.1) is 0 Å². The van der Waals surface area contributed by atoms with Crippen LogP contribution < -0.4 is 0 Å². The maximum absolute atomic E-state index is 6.04. The van der Waals surface area contributed by atoms with E-state index in [0.717, 1.165) is 33.3 Å². The van der Waals surface area contributed by atoms with Gasteiger partial charge in [-0.3, -0.25) is 0 Å². The Kier molecular flexibility index (Phi) is 2.98. The van der Waals surface area contributed by atoms with Crippen molar-refractivity contribution in [3.8, 4) is 11.3 Å². The van der Waals surface area contributed by atoms with Crippen molar-refractivity contribution < 1.29 is 4.42 Å². The van der Waals surface area contributed by atoms with E-state index in [-0.39, 0.29) is 5.41 Å². The zero-order valence-corrected chi connectivity index (χ0v) is 13.5. The number of hydrogen-bond donors (Lipinski definition) is 0. The molecule has 3 nitrogen and oxygen atoms in total. The molecular weight excluding hydrogens is 284 g/mol. The first-order valence-corrected chi connectivity index (χ1v) is 7.77. The summed E-state index contributed by atoms with van der Waals surface area (Å²) in [5.74, 6) is 0. The molecule has 2 heterocycles. The molecular formula is C20H18N2O. The van der Waals surface area contributed by atoms with Gasteiger partial charge in [-0.05, 0) is 29.2 Å². The van der Waals surface area contributed by atoms with Crippen LogP contribution in [0.15, 0.2) is 59.3 Å². The van der Waals surface area contributed by atoms with Crippen molar-refractivity contribution in [2.45, 2.75) is 26.2 Å². The number of benzene rings is 2. The summed E-state index contributed by atoms with van der Waals surface area (Å²) in [5, 5.41) is 1.03. The van der Waals surface area contributed by atoms with Crippen molar-refractivity contribution in [3.63, 3.8) is 0 Å². The van der Waals surface area contributed by atoms with Gasteiger partial charge >= 0.3 is 0 Å². The summed E-state index contributed by atoms with van der Waals surface area (Å²) < 4.78 is 6.04. The van der Waals surface area contributed by atoms with Crippen molar-refractivity contribution in [2.75, 3.05) is 0 Å². The molecule has 23 heavy (non-hydrogen) atoms. The SMILES string of the molecule is CC(C)(C)c1cccc(-c2ncnc3c2oc2ccccc23)c1. The minimum Gasteiger partial charge on any atom is -0.452 e. The Hall–Kier alpha value is -2.68. The molecule has 0 radical (unpaired) electrons. The monoisotopic (exact) mass is 302 g/mol. The molecule has 0 fully saturated rings. The molecule has 0 spiro atoms. The fourth-order valence-electron chi connectivity index (χ4n) is 2.86. The molecule has 0 aliphatic rings. The van der Waals surface area contributed by atoms with Gasteiger partial charge in [0, 0.05) is 10.9 Å². The van der Waals surface area contributed by atoms with Gasteiger partial charge in [0.25, 0.3) is 0 Å². The predicted molar refractivity (Wildman–Crippen MR) is 93.4 cm³/mol. The lowest BCUT2D eigenvalue weighted by Crippen LogP contribution is -2.10. The van der Waals surface area contributed by atoms with E-state index in [9.17, 15) is 0 Å². The van der Waals surface area contributed by atoms with E-state index in [2.05, 4.69) is 55.0 Å². The minimum atomic E-state index is 0.0933. The maximum Gasteiger partial charge on any atom is 0.180 e. The molecule has 0 unspecified atom stereocenters. The van der Waals surface area contributed by atoms with Crippen molar-refractivity contribution in [2.24, 2.45) is 0 Å². The third kappa shape index (κ3) is 2.29. The average Bonchev–Trinajstić information content (AvgIpc) is 2.93.